The van der Waals surface area contributed by atoms with Crippen LogP contribution in [0.1, 0.15) is 26.7 Å². The van der Waals surface area contributed by atoms with E-state index in [1.807, 2.05) is 0 Å². The molecule has 0 saturated heterocycles. The highest BCUT2D eigenvalue weighted by Crippen LogP contribution is 2.04. The van der Waals surface area contributed by atoms with Crippen LogP contribution < -0.4 is 5.32 Å². The first kappa shape index (κ1) is 13.4. The molecular weight excluding hydrogens is 198 g/mol. The summed E-state index contributed by atoms with van der Waals surface area (Å²) in [6, 6.07) is -0.616. The van der Waals surface area contributed by atoms with E-state index in [1.165, 1.54) is 6.92 Å². The van der Waals surface area contributed by atoms with Crippen LogP contribution >= 0.6 is 0 Å². The normalized spacial score (nSPS) is 11.6. The van der Waals surface area contributed by atoms with Crippen molar-refractivity contribution >= 4 is 17.7 Å². The average molecular weight is 213 g/mol. The standard InChI is InChI=1S/C10H15NO4/c1-4-8(7(3)10(14)15)11-9(13)5-6(2)12/h8H,3-5H2,1-2H3,(H,11,13)(H,14,15). The quantitative estimate of drug-likeness (QED) is 0.497. The van der Waals surface area contributed by atoms with Crippen LogP contribution in [0.5, 0.6) is 0 Å². The second-order valence-electron chi connectivity index (χ2n) is 3.24. The van der Waals surface area contributed by atoms with Gasteiger partial charge >= 0.3 is 5.97 Å². The minimum Gasteiger partial charge on any atom is -0.478 e. The summed E-state index contributed by atoms with van der Waals surface area (Å²) in [4.78, 5) is 32.4. The Morgan fingerprint density at radius 3 is 2.27 bits per heavy atom. The molecule has 0 saturated carbocycles. The first-order valence-electron chi connectivity index (χ1n) is 4.59. The number of hydrogen-bond donors (Lipinski definition) is 2. The summed E-state index contributed by atoms with van der Waals surface area (Å²) < 4.78 is 0. The molecule has 0 aliphatic carbocycles. The molecular formula is C10H15NO4. The lowest BCUT2D eigenvalue weighted by molar-refractivity contribution is -0.133. The van der Waals surface area contributed by atoms with E-state index >= 15 is 0 Å². The topological polar surface area (TPSA) is 83.5 Å². The zero-order valence-corrected chi connectivity index (χ0v) is 8.87. The van der Waals surface area contributed by atoms with Gasteiger partial charge in [0, 0.05) is 0 Å². The van der Waals surface area contributed by atoms with E-state index in [1.54, 1.807) is 6.92 Å². The fourth-order valence-corrected chi connectivity index (χ4v) is 1.06. The summed E-state index contributed by atoms with van der Waals surface area (Å²) >= 11 is 0. The van der Waals surface area contributed by atoms with Gasteiger partial charge in [-0.25, -0.2) is 4.79 Å². The van der Waals surface area contributed by atoms with Crippen LogP contribution in [-0.2, 0) is 14.4 Å². The number of rotatable bonds is 6. The number of carboxylic acids is 1. The van der Waals surface area contributed by atoms with Crippen molar-refractivity contribution in [1.82, 2.24) is 5.32 Å². The van der Waals surface area contributed by atoms with Crippen molar-refractivity contribution in [2.75, 3.05) is 0 Å². The van der Waals surface area contributed by atoms with E-state index in [9.17, 15) is 14.4 Å². The van der Waals surface area contributed by atoms with Gasteiger partial charge in [0.05, 0.1) is 18.0 Å². The SMILES string of the molecule is C=C(C(=O)O)C(CC)NC(=O)CC(C)=O. The van der Waals surface area contributed by atoms with Crippen LogP contribution in [-0.4, -0.2) is 28.8 Å². The van der Waals surface area contributed by atoms with Gasteiger partial charge in [-0.2, -0.15) is 0 Å². The van der Waals surface area contributed by atoms with E-state index in [0.29, 0.717) is 6.42 Å². The van der Waals surface area contributed by atoms with Gasteiger partial charge in [0.25, 0.3) is 0 Å². The second kappa shape index (κ2) is 5.95. The molecule has 2 N–H and O–H groups in total. The molecule has 0 aliphatic heterocycles. The van der Waals surface area contributed by atoms with E-state index in [4.69, 9.17) is 5.11 Å². The number of hydrogen-bond acceptors (Lipinski definition) is 3. The maximum atomic E-state index is 11.2. The third-order valence-electron chi connectivity index (χ3n) is 1.85. The third-order valence-corrected chi connectivity index (χ3v) is 1.85. The van der Waals surface area contributed by atoms with E-state index in [0.717, 1.165) is 0 Å². The maximum Gasteiger partial charge on any atom is 0.333 e. The summed E-state index contributed by atoms with van der Waals surface area (Å²) in [5.74, 6) is -1.88. The molecule has 0 spiro atoms. The lowest BCUT2D eigenvalue weighted by Crippen LogP contribution is -2.38. The number of aliphatic carboxylic acids is 1. The fourth-order valence-electron chi connectivity index (χ4n) is 1.06. The Morgan fingerprint density at radius 1 is 1.40 bits per heavy atom. The zero-order valence-electron chi connectivity index (χ0n) is 8.87. The van der Waals surface area contributed by atoms with Crippen LogP contribution in [0.15, 0.2) is 12.2 Å². The summed E-state index contributed by atoms with van der Waals surface area (Å²) in [5, 5.41) is 11.1. The Bertz CT molecular complexity index is 296. The number of amides is 1. The number of carbonyl (C=O) groups excluding carboxylic acids is 2. The number of carboxylic acid groups (broad SMARTS) is 1. The molecule has 0 aliphatic rings. The zero-order chi connectivity index (χ0) is 12.0. The first-order valence-corrected chi connectivity index (χ1v) is 4.59. The molecule has 84 valence electrons. The van der Waals surface area contributed by atoms with Crippen molar-refractivity contribution in [3.05, 3.63) is 12.2 Å². The predicted molar refractivity (Wildman–Crippen MR) is 54.3 cm³/mol. The number of ketones is 1. The molecule has 0 aromatic carbocycles. The number of carbonyl (C=O) groups is 3. The lowest BCUT2D eigenvalue weighted by atomic mass is 10.1. The molecule has 0 aromatic heterocycles. The smallest absolute Gasteiger partial charge is 0.333 e. The monoisotopic (exact) mass is 213 g/mol. The fraction of sp³-hybridized carbons (Fsp3) is 0.500. The molecule has 0 fully saturated rings. The summed E-state index contributed by atoms with van der Waals surface area (Å²) in [6.07, 6.45) is 0.193. The van der Waals surface area contributed by atoms with Gasteiger partial charge in [0.1, 0.15) is 5.78 Å². The molecule has 0 rings (SSSR count). The van der Waals surface area contributed by atoms with Crippen LogP contribution in [0.4, 0.5) is 0 Å². The number of Topliss-reactive ketones (excluding diaryl/α,β-unsaturated/α-hetero) is 1. The van der Waals surface area contributed by atoms with E-state index < -0.39 is 17.9 Å². The number of nitrogens with one attached hydrogen (secondary N) is 1. The molecule has 0 radical (unpaired) electrons. The van der Waals surface area contributed by atoms with Crippen LogP contribution in [0.3, 0.4) is 0 Å². The van der Waals surface area contributed by atoms with Gasteiger partial charge in [-0.1, -0.05) is 13.5 Å². The highest BCUT2D eigenvalue weighted by molar-refractivity contribution is 5.97. The molecule has 15 heavy (non-hydrogen) atoms. The molecule has 5 nitrogen and oxygen atoms in total. The van der Waals surface area contributed by atoms with E-state index in [-0.39, 0.29) is 17.8 Å². The van der Waals surface area contributed by atoms with Crippen LogP contribution in [0, 0.1) is 0 Å². The molecule has 0 heterocycles. The Labute approximate surface area is 88.2 Å². The molecule has 1 amide bonds. The first-order chi connectivity index (χ1) is 6.88. The Kier molecular flexibility index (Phi) is 5.30. The van der Waals surface area contributed by atoms with Gasteiger partial charge < -0.3 is 10.4 Å². The van der Waals surface area contributed by atoms with Gasteiger partial charge in [0.2, 0.25) is 5.91 Å². The summed E-state index contributed by atoms with van der Waals surface area (Å²) in [5.41, 5.74) is -0.0746. The van der Waals surface area contributed by atoms with Gasteiger partial charge in [-0.15, -0.1) is 0 Å². The van der Waals surface area contributed by atoms with Crippen molar-refractivity contribution in [2.45, 2.75) is 32.7 Å². The minimum absolute atomic E-state index is 0.0746. The molecule has 0 aromatic rings. The van der Waals surface area contributed by atoms with Crippen molar-refractivity contribution in [1.29, 1.82) is 0 Å². The van der Waals surface area contributed by atoms with Crippen molar-refractivity contribution in [2.24, 2.45) is 0 Å². The molecule has 1 unspecified atom stereocenters. The van der Waals surface area contributed by atoms with Gasteiger partial charge in [0.15, 0.2) is 0 Å². The van der Waals surface area contributed by atoms with Gasteiger partial charge in [-0.05, 0) is 13.3 Å². The van der Waals surface area contributed by atoms with Crippen LogP contribution in [0.25, 0.3) is 0 Å². The lowest BCUT2D eigenvalue weighted by Gasteiger charge is -2.16. The molecule has 0 bridgehead atoms. The highest BCUT2D eigenvalue weighted by atomic mass is 16.4. The minimum atomic E-state index is -1.15. The average Bonchev–Trinajstić information content (AvgIpc) is 2.11. The Morgan fingerprint density at radius 2 is 1.93 bits per heavy atom. The van der Waals surface area contributed by atoms with Crippen molar-refractivity contribution < 1.29 is 19.5 Å². The molecule has 5 heteroatoms. The van der Waals surface area contributed by atoms with Crippen molar-refractivity contribution in [3.8, 4) is 0 Å². The van der Waals surface area contributed by atoms with Gasteiger partial charge in [-0.3, -0.25) is 9.59 Å². The third kappa shape index (κ3) is 4.95. The van der Waals surface area contributed by atoms with E-state index in [2.05, 4.69) is 11.9 Å². The Hall–Kier alpha value is -1.65. The second-order valence-corrected chi connectivity index (χ2v) is 3.24. The van der Waals surface area contributed by atoms with Crippen molar-refractivity contribution in [3.63, 3.8) is 0 Å². The van der Waals surface area contributed by atoms with Crippen LogP contribution in [0.2, 0.25) is 0 Å². The maximum absolute atomic E-state index is 11.2. The Balaban J connectivity index is 4.33. The highest BCUT2D eigenvalue weighted by Gasteiger charge is 2.18. The largest absolute Gasteiger partial charge is 0.478 e. The summed E-state index contributed by atoms with van der Waals surface area (Å²) in [6.45, 7) is 6.39. The predicted octanol–water partition coefficient (Wildman–Crippen LogP) is 0.501. The molecule has 1 atom stereocenters. The summed E-state index contributed by atoms with van der Waals surface area (Å²) in [7, 11) is 0.